The van der Waals surface area contributed by atoms with Crippen LogP contribution in [0.4, 0.5) is 5.69 Å². The number of carbonyl (C=O) groups is 2. The van der Waals surface area contributed by atoms with Crippen molar-refractivity contribution >= 4 is 27.7 Å². The van der Waals surface area contributed by atoms with Crippen molar-refractivity contribution in [1.29, 1.82) is 0 Å². The molecule has 160 valence electrons. The molecule has 0 spiro atoms. The first-order valence-electron chi connectivity index (χ1n) is 8.69. The minimum Gasteiger partial charge on any atom is -0.466 e. The Balaban J connectivity index is 2.59. The zero-order valence-corrected chi connectivity index (χ0v) is 17.4. The second-order valence-electron chi connectivity index (χ2n) is 6.52. The Morgan fingerprint density at radius 2 is 1.90 bits per heavy atom. The Morgan fingerprint density at radius 1 is 1.24 bits per heavy atom. The van der Waals surface area contributed by atoms with Crippen molar-refractivity contribution in [3.05, 3.63) is 35.0 Å². The summed E-state index contributed by atoms with van der Waals surface area (Å²) in [4.78, 5) is 25.4. The number of benzene rings is 1. The lowest BCUT2D eigenvalue weighted by Crippen LogP contribution is -2.38. The van der Waals surface area contributed by atoms with Crippen molar-refractivity contribution < 1.29 is 36.8 Å². The van der Waals surface area contributed by atoms with E-state index in [4.69, 9.17) is 14.2 Å². The predicted octanol–water partition coefficient (Wildman–Crippen LogP) is 0.826. The van der Waals surface area contributed by atoms with Crippen LogP contribution in [0.15, 0.2) is 34.4 Å². The molecule has 10 nitrogen and oxygen atoms in total. The second-order valence-corrected chi connectivity index (χ2v) is 7.91. The molecule has 1 aromatic rings. The Labute approximate surface area is 169 Å². The lowest BCUT2D eigenvalue weighted by atomic mass is 10.1. The summed E-state index contributed by atoms with van der Waals surface area (Å²) in [6.45, 7) is 3.69. The first-order valence-corrected chi connectivity index (χ1v) is 10.1. The molecule has 1 heterocycles. The van der Waals surface area contributed by atoms with Crippen LogP contribution in [0.1, 0.15) is 19.4 Å². The molecule has 0 fully saturated rings. The zero-order chi connectivity index (χ0) is 21.8. The number of anilines is 1. The van der Waals surface area contributed by atoms with Crippen molar-refractivity contribution in [1.82, 2.24) is 5.32 Å². The van der Waals surface area contributed by atoms with Crippen LogP contribution in [-0.4, -0.2) is 58.5 Å². The molecule has 0 atom stereocenters. The van der Waals surface area contributed by atoms with E-state index in [1.165, 1.54) is 17.0 Å². The van der Waals surface area contributed by atoms with Crippen LogP contribution in [0.5, 0.6) is 0 Å². The molecule has 0 saturated carbocycles. The molecule has 0 aromatic heterocycles. The van der Waals surface area contributed by atoms with E-state index >= 15 is 0 Å². The average molecular weight is 428 g/mol. The van der Waals surface area contributed by atoms with Gasteiger partial charge in [0.25, 0.3) is 10.1 Å². The third kappa shape index (κ3) is 5.32. The quantitative estimate of drug-likeness (QED) is 0.475. The van der Waals surface area contributed by atoms with Gasteiger partial charge in [0.1, 0.15) is 17.3 Å². The van der Waals surface area contributed by atoms with E-state index in [0.29, 0.717) is 5.56 Å². The number of hydrogen-bond donors (Lipinski definition) is 2. The number of esters is 2. The van der Waals surface area contributed by atoms with Gasteiger partial charge < -0.3 is 24.4 Å². The van der Waals surface area contributed by atoms with Gasteiger partial charge >= 0.3 is 11.9 Å². The van der Waals surface area contributed by atoms with Gasteiger partial charge in [0, 0.05) is 18.3 Å². The Morgan fingerprint density at radius 3 is 2.45 bits per heavy atom. The molecule has 0 aliphatic carbocycles. The fourth-order valence-electron chi connectivity index (χ4n) is 2.76. The van der Waals surface area contributed by atoms with Crippen LogP contribution in [-0.2, 0) is 40.5 Å². The van der Waals surface area contributed by atoms with Crippen molar-refractivity contribution in [2.24, 2.45) is 0 Å². The summed E-state index contributed by atoms with van der Waals surface area (Å²) >= 11 is 0. The monoisotopic (exact) mass is 428 g/mol. The van der Waals surface area contributed by atoms with Crippen LogP contribution in [0.3, 0.4) is 0 Å². The maximum Gasteiger partial charge on any atom is 0.355 e. The first kappa shape index (κ1) is 22.8. The molecule has 0 radical (unpaired) electrons. The number of nitrogens with zero attached hydrogens (tertiary/aromatic N) is 1. The molecule has 2 N–H and O–H groups in total. The summed E-state index contributed by atoms with van der Waals surface area (Å²) in [5.74, 6) is -1.59. The molecule has 2 rings (SSSR count). The molecule has 0 unspecified atom stereocenters. The highest BCUT2D eigenvalue weighted by Crippen LogP contribution is 2.30. The molecule has 0 amide bonds. The van der Waals surface area contributed by atoms with Crippen molar-refractivity contribution in [2.75, 3.05) is 32.5 Å². The molecule has 1 aromatic carbocycles. The van der Waals surface area contributed by atoms with Gasteiger partial charge in [-0.3, -0.25) is 4.55 Å². The van der Waals surface area contributed by atoms with Crippen molar-refractivity contribution in [3.8, 4) is 0 Å². The minimum atomic E-state index is -4.55. The lowest BCUT2D eigenvalue weighted by Gasteiger charge is -2.31. The summed E-state index contributed by atoms with van der Waals surface area (Å²) in [5, 5.41) is 3.08. The van der Waals surface area contributed by atoms with Gasteiger partial charge in [0.05, 0.1) is 26.4 Å². The van der Waals surface area contributed by atoms with E-state index in [0.717, 1.165) is 14.2 Å². The van der Waals surface area contributed by atoms with E-state index in [1.54, 1.807) is 6.07 Å². The van der Waals surface area contributed by atoms with E-state index in [9.17, 15) is 22.6 Å². The largest absolute Gasteiger partial charge is 0.466 e. The van der Waals surface area contributed by atoms with Gasteiger partial charge in [-0.15, -0.1) is 0 Å². The Bertz CT molecular complexity index is 924. The van der Waals surface area contributed by atoms with Crippen LogP contribution >= 0.6 is 0 Å². The molecular weight excluding hydrogens is 404 g/mol. The van der Waals surface area contributed by atoms with Crippen LogP contribution in [0.25, 0.3) is 0 Å². The number of methoxy groups -OCH3 is 2. The molecule has 1 aliphatic rings. The molecular formula is C18H24N2O8S. The van der Waals surface area contributed by atoms with Crippen molar-refractivity contribution in [3.63, 3.8) is 0 Å². The third-order valence-corrected chi connectivity index (χ3v) is 5.11. The SMILES string of the molecule is COC(=O)C1=C(C(=O)OC)N(c2ccc(CNC(C)C)c(S(=O)(=O)O)c2)COC1. The maximum atomic E-state index is 12.3. The van der Waals surface area contributed by atoms with Gasteiger partial charge in [0.15, 0.2) is 0 Å². The highest BCUT2D eigenvalue weighted by molar-refractivity contribution is 7.85. The lowest BCUT2D eigenvalue weighted by molar-refractivity contribution is -0.140. The van der Waals surface area contributed by atoms with Gasteiger partial charge in [-0.2, -0.15) is 8.42 Å². The molecule has 11 heteroatoms. The van der Waals surface area contributed by atoms with Crippen LogP contribution in [0.2, 0.25) is 0 Å². The molecule has 1 aliphatic heterocycles. The first-order chi connectivity index (χ1) is 13.6. The standard InChI is InChI=1S/C18H24N2O8S/c1-11(2)19-8-12-5-6-13(7-15(12)29(23,24)25)20-10-28-9-14(17(21)26-3)16(20)18(22)27-4/h5-7,11,19H,8-10H2,1-4H3,(H,23,24,25). The summed E-state index contributed by atoms with van der Waals surface area (Å²) in [6, 6.07) is 4.36. The second kappa shape index (κ2) is 9.35. The fraction of sp³-hybridized carbons (Fsp3) is 0.444. The highest BCUT2D eigenvalue weighted by atomic mass is 32.2. The summed E-state index contributed by atoms with van der Waals surface area (Å²) in [7, 11) is -2.23. The number of rotatable bonds is 7. The number of nitrogens with one attached hydrogen (secondary N) is 1. The predicted molar refractivity (Wildman–Crippen MR) is 103 cm³/mol. The zero-order valence-electron chi connectivity index (χ0n) is 16.6. The topological polar surface area (TPSA) is 131 Å². The Kier molecular flexibility index (Phi) is 7.36. The van der Waals surface area contributed by atoms with E-state index < -0.39 is 22.1 Å². The van der Waals surface area contributed by atoms with E-state index in [-0.39, 0.29) is 47.8 Å². The third-order valence-electron chi connectivity index (χ3n) is 4.17. The summed E-state index contributed by atoms with van der Waals surface area (Å²) < 4.78 is 48.4. The average Bonchev–Trinajstić information content (AvgIpc) is 2.69. The van der Waals surface area contributed by atoms with Crippen LogP contribution < -0.4 is 10.2 Å². The maximum absolute atomic E-state index is 12.3. The summed E-state index contributed by atoms with van der Waals surface area (Å²) in [5.41, 5.74) is 0.372. The van der Waals surface area contributed by atoms with Gasteiger partial charge in [-0.25, -0.2) is 9.59 Å². The number of carbonyl (C=O) groups excluding carboxylic acids is 2. The van der Waals surface area contributed by atoms with E-state index in [2.05, 4.69) is 5.32 Å². The smallest absolute Gasteiger partial charge is 0.355 e. The summed E-state index contributed by atoms with van der Waals surface area (Å²) in [6.07, 6.45) is 0. The van der Waals surface area contributed by atoms with Crippen molar-refractivity contribution in [2.45, 2.75) is 31.3 Å². The Hall–Kier alpha value is -2.47. The molecule has 0 saturated heterocycles. The van der Waals surface area contributed by atoms with Gasteiger partial charge in [-0.1, -0.05) is 19.9 Å². The minimum absolute atomic E-state index is 0.0652. The normalized spacial score (nSPS) is 14.9. The number of hydrogen-bond acceptors (Lipinski definition) is 9. The van der Waals surface area contributed by atoms with Gasteiger partial charge in [0.2, 0.25) is 0 Å². The fourth-order valence-corrected chi connectivity index (χ4v) is 3.50. The number of ether oxygens (including phenoxy) is 3. The van der Waals surface area contributed by atoms with Gasteiger partial charge in [-0.05, 0) is 17.7 Å². The highest BCUT2D eigenvalue weighted by Gasteiger charge is 2.33. The molecule has 29 heavy (non-hydrogen) atoms. The van der Waals surface area contributed by atoms with Crippen LogP contribution in [0, 0.1) is 0 Å². The molecule has 0 bridgehead atoms. The van der Waals surface area contributed by atoms with E-state index in [1.807, 2.05) is 13.8 Å².